The van der Waals surface area contributed by atoms with Crippen molar-refractivity contribution < 1.29 is 18.5 Å². The van der Waals surface area contributed by atoms with Gasteiger partial charge in [-0.1, -0.05) is 12.1 Å². The Balaban J connectivity index is 2.20. The zero-order chi connectivity index (χ0) is 16.8. The summed E-state index contributed by atoms with van der Waals surface area (Å²) >= 11 is 0. The molecule has 0 saturated carbocycles. The summed E-state index contributed by atoms with van der Waals surface area (Å²) in [6.45, 7) is 0. The molecule has 1 N–H and O–H groups in total. The lowest BCUT2D eigenvalue weighted by molar-refractivity contribution is 0.102. The number of carbonyl (C=O) groups excluding carboxylic acids is 1. The van der Waals surface area contributed by atoms with Crippen molar-refractivity contribution in [2.24, 2.45) is 0 Å². The number of hydrogen-bond acceptors (Lipinski definition) is 4. The minimum atomic E-state index is -0.949. The van der Waals surface area contributed by atoms with E-state index in [1.807, 2.05) is 6.07 Å². The maximum atomic E-state index is 12.4. The maximum Gasteiger partial charge on any atom is 0.255 e. The van der Waals surface area contributed by atoms with Crippen molar-refractivity contribution in [2.45, 2.75) is 5.75 Å². The van der Waals surface area contributed by atoms with Gasteiger partial charge in [0.25, 0.3) is 5.91 Å². The van der Waals surface area contributed by atoms with Gasteiger partial charge in [-0.3, -0.25) is 9.00 Å². The van der Waals surface area contributed by atoms with Crippen molar-refractivity contribution in [1.82, 2.24) is 0 Å². The number of benzene rings is 2. The van der Waals surface area contributed by atoms with E-state index in [1.54, 1.807) is 56.9 Å². The number of carbonyl (C=O) groups is 1. The lowest BCUT2D eigenvalue weighted by Crippen LogP contribution is -2.12. The van der Waals surface area contributed by atoms with Crippen LogP contribution >= 0.6 is 0 Å². The zero-order valence-corrected chi connectivity index (χ0v) is 14.1. The van der Waals surface area contributed by atoms with Crippen LogP contribution in [0.2, 0.25) is 0 Å². The predicted octanol–water partition coefficient (Wildman–Crippen LogP) is 2.83. The molecule has 0 heterocycles. The van der Waals surface area contributed by atoms with Gasteiger partial charge < -0.3 is 14.8 Å². The number of anilines is 1. The quantitative estimate of drug-likeness (QED) is 0.883. The fourth-order valence-electron chi connectivity index (χ4n) is 2.12. The minimum Gasteiger partial charge on any atom is -0.497 e. The molecule has 2 aromatic carbocycles. The summed E-state index contributed by atoms with van der Waals surface area (Å²) in [5, 5.41) is 2.81. The molecule has 0 saturated heterocycles. The van der Waals surface area contributed by atoms with Crippen molar-refractivity contribution >= 4 is 22.4 Å². The molecular formula is C17H19NO4S. The second kappa shape index (κ2) is 7.78. The Hall–Kier alpha value is -2.34. The molecule has 0 aliphatic carbocycles. The van der Waals surface area contributed by atoms with E-state index in [0.717, 1.165) is 5.56 Å². The summed E-state index contributed by atoms with van der Waals surface area (Å²) in [4.78, 5) is 12.4. The molecule has 0 aliphatic rings. The molecule has 1 atom stereocenters. The molecule has 0 aliphatic heterocycles. The molecule has 0 fully saturated rings. The number of hydrogen-bond donors (Lipinski definition) is 1. The van der Waals surface area contributed by atoms with E-state index in [-0.39, 0.29) is 5.91 Å². The van der Waals surface area contributed by atoms with Gasteiger partial charge in [-0.05, 0) is 17.7 Å². The minimum absolute atomic E-state index is 0.246. The fraction of sp³-hybridized carbons (Fsp3) is 0.235. The Bertz CT molecular complexity index is 708. The molecule has 23 heavy (non-hydrogen) atoms. The van der Waals surface area contributed by atoms with Crippen molar-refractivity contribution in [2.75, 3.05) is 25.8 Å². The third kappa shape index (κ3) is 4.82. The summed E-state index contributed by atoms with van der Waals surface area (Å²) in [5.74, 6) is 1.36. The van der Waals surface area contributed by atoms with Gasteiger partial charge in [0.1, 0.15) is 11.5 Å². The smallest absolute Gasteiger partial charge is 0.255 e. The molecule has 5 nitrogen and oxygen atoms in total. The van der Waals surface area contributed by atoms with E-state index in [4.69, 9.17) is 9.47 Å². The van der Waals surface area contributed by atoms with Crippen LogP contribution in [0, 0.1) is 0 Å². The molecule has 122 valence electrons. The van der Waals surface area contributed by atoms with Gasteiger partial charge in [-0.25, -0.2) is 0 Å². The Labute approximate surface area is 138 Å². The van der Waals surface area contributed by atoms with Gasteiger partial charge >= 0.3 is 0 Å². The highest BCUT2D eigenvalue weighted by Crippen LogP contribution is 2.26. The van der Waals surface area contributed by atoms with Crippen LogP contribution in [-0.2, 0) is 16.6 Å². The van der Waals surface area contributed by atoms with E-state index in [2.05, 4.69) is 5.32 Å². The Morgan fingerprint density at radius 1 is 1.09 bits per heavy atom. The molecular weight excluding hydrogens is 314 g/mol. The molecule has 2 aromatic rings. The van der Waals surface area contributed by atoms with Crippen LogP contribution in [0.5, 0.6) is 11.5 Å². The predicted molar refractivity (Wildman–Crippen MR) is 91.7 cm³/mol. The number of rotatable bonds is 6. The summed E-state index contributed by atoms with van der Waals surface area (Å²) in [7, 11) is 2.15. The topological polar surface area (TPSA) is 64.6 Å². The first-order chi connectivity index (χ1) is 11.0. The van der Waals surface area contributed by atoms with Crippen LogP contribution in [0.4, 0.5) is 5.69 Å². The van der Waals surface area contributed by atoms with Crippen LogP contribution < -0.4 is 14.8 Å². The Morgan fingerprint density at radius 2 is 1.74 bits per heavy atom. The first-order valence-corrected chi connectivity index (χ1v) is 8.68. The molecule has 1 amide bonds. The monoisotopic (exact) mass is 333 g/mol. The summed E-state index contributed by atoms with van der Waals surface area (Å²) in [6, 6.07) is 12.3. The molecule has 0 aromatic heterocycles. The normalized spacial score (nSPS) is 11.6. The van der Waals surface area contributed by atoms with E-state index >= 15 is 0 Å². The second-order valence-electron chi connectivity index (χ2n) is 4.97. The van der Waals surface area contributed by atoms with E-state index in [1.165, 1.54) is 0 Å². The summed E-state index contributed by atoms with van der Waals surface area (Å²) in [6.07, 6.45) is 1.63. The van der Waals surface area contributed by atoms with Gasteiger partial charge in [0.05, 0.1) is 14.2 Å². The average molecular weight is 333 g/mol. The van der Waals surface area contributed by atoms with Crippen LogP contribution in [0.3, 0.4) is 0 Å². The third-order valence-corrected chi connectivity index (χ3v) is 3.91. The first-order valence-electron chi connectivity index (χ1n) is 6.95. The van der Waals surface area contributed by atoms with Crippen molar-refractivity contribution in [3.8, 4) is 11.5 Å². The largest absolute Gasteiger partial charge is 0.497 e. The van der Waals surface area contributed by atoms with Crippen LogP contribution in [0.1, 0.15) is 15.9 Å². The molecule has 0 radical (unpaired) electrons. The zero-order valence-electron chi connectivity index (χ0n) is 13.3. The number of amides is 1. The Kier molecular flexibility index (Phi) is 5.76. The number of nitrogens with one attached hydrogen (secondary N) is 1. The highest BCUT2D eigenvalue weighted by Gasteiger charge is 2.09. The highest BCUT2D eigenvalue weighted by molar-refractivity contribution is 7.83. The fourth-order valence-corrected chi connectivity index (χ4v) is 2.77. The molecule has 0 bridgehead atoms. The molecule has 1 unspecified atom stereocenters. The van der Waals surface area contributed by atoms with E-state index < -0.39 is 10.8 Å². The van der Waals surface area contributed by atoms with Crippen molar-refractivity contribution in [1.29, 1.82) is 0 Å². The molecule has 2 rings (SSSR count). The van der Waals surface area contributed by atoms with Crippen LogP contribution in [-0.4, -0.2) is 30.6 Å². The highest BCUT2D eigenvalue weighted by atomic mass is 32.2. The third-order valence-electron chi connectivity index (χ3n) is 3.17. The molecule has 6 heteroatoms. The maximum absolute atomic E-state index is 12.4. The van der Waals surface area contributed by atoms with E-state index in [0.29, 0.717) is 28.5 Å². The van der Waals surface area contributed by atoms with Crippen LogP contribution in [0.25, 0.3) is 0 Å². The van der Waals surface area contributed by atoms with E-state index in [9.17, 15) is 9.00 Å². The lowest BCUT2D eigenvalue weighted by atomic mass is 10.1. The number of methoxy groups -OCH3 is 2. The first kappa shape index (κ1) is 17.0. The van der Waals surface area contributed by atoms with Gasteiger partial charge in [0, 0.05) is 52.3 Å². The van der Waals surface area contributed by atoms with Gasteiger partial charge in [-0.2, -0.15) is 0 Å². The lowest BCUT2D eigenvalue weighted by Gasteiger charge is -2.10. The van der Waals surface area contributed by atoms with Crippen molar-refractivity contribution in [3.63, 3.8) is 0 Å². The summed E-state index contributed by atoms with van der Waals surface area (Å²) in [5.41, 5.74) is 1.95. The Morgan fingerprint density at radius 3 is 2.30 bits per heavy atom. The SMILES string of the molecule is COc1cc(NC(=O)c2cccc(CS(C)=O)c2)cc(OC)c1. The van der Waals surface area contributed by atoms with Gasteiger partial charge in [0.15, 0.2) is 0 Å². The molecule has 0 spiro atoms. The summed E-state index contributed by atoms with van der Waals surface area (Å²) < 4.78 is 21.7. The van der Waals surface area contributed by atoms with Crippen LogP contribution in [0.15, 0.2) is 42.5 Å². The van der Waals surface area contributed by atoms with Gasteiger partial charge in [-0.15, -0.1) is 0 Å². The average Bonchev–Trinajstić information content (AvgIpc) is 2.54. The standard InChI is InChI=1S/C17H19NO4S/c1-21-15-8-14(9-16(10-15)22-2)18-17(19)13-6-4-5-12(7-13)11-23(3)20/h4-10H,11H2,1-3H3,(H,18,19). The second-order valence-corrected chi connectivity index (χ2v) is 6.41. The van der Waals surface area contributed by atoms with Crippen molar-refractivity contribution in [3.05, 3.63) is 53.6 Å². The van der Waals surface area contributed by atoms with Gasteiger partial charge in [0.2, 0.25) is 0 Å². The number of ether oxygens (including phenoxy) is 2.